The number of methoxy groups -OCH3 is 2. The molecule has 7 heteroatoms. The first-order valence-electron chi connectivity index (χ1n) is 9.50. The standard InChI is InChI=1S/C22H26N2O5/c1-5-29-21(26)22(2)20(25)23(16-6-10-18(27-3)11-7-16)14-15-24(22)17-8-12-19(28-4)13-9-17/h6-13H,5,14-15H2,1-4H3. The molecule has 0 spiro atoms. The summed E-state index contributed by atoms with van der Waals surface area (Å²) in [5, 5.41) is 0. The van der Waals surface area contributed by atoms with Gasteiger partial charge in [-0.05, 0) is 62.4 Å². The lowest BCUT2D eigenvalue weighted by Gasteiger charge is -2.47. The van der Waals surface area contributed by atoms with Crippen molar-refractivity contribution < 1.29 is 23.8 Å². The minimum atomic E-state index is -1.48. The van der Waals surface area contributed by atoms with Crippen molar-refractivity contribution in [2.45, 2.75) is 19.4 Å². The number of anilines is 2. The number of nitrogens with zero attached hydrogens (tertiary/aromatic N) is 2. The highest BCUT2D eigenvalue weighted by Gasteiger charge is 2.53. The van der Waals surface area contributed by atoms with Crippen LogP contribution >= 0.6 is 0 Å². The summed E-state index contributed by atoms with van der Waals surface area (Å²) in [7, 11) is 3.18. The Morgan fingerprint density at radius 3 is 1.93 bits per heavy atom. The van der Waals surface area contributed by atoms with Crippen LogP contribution in [0.5, 0.6) is 11.5 Å². The van der Waals surface area contributed by atoms with Gasteiger partial charge in [-0.15, -0.1) is 0 Å². The molecular formula is C22H26N2O5. The molecule has 29 heavy (non-hydrogen) atoms. The summed E-state index contributed by atoms with van der Waals surface area (Å²) in [6, 6.07) is 14.5. The van der Waals surface area contributed by atoms with E-state index >= 15 is 0 Å². The second kappa shape index (κ2) is 8.43. The second-order valence-corrected chi connectivity index (χ2v) is 6.80. The molecule has 1 amide bonds. The van der Waals surface area contributed by atoms with E-state index in [1.54, 1.807) is 62.1 Å². The van der Waals surface area contributed by atoms with E-state index in [4.69, 9.17) is 14.2 Å². The average Bonchev–Trinajstić information content (AvgIpc) is 2.76. The number of ether oxygens (including phenoxy) is 3. The van der Waals surface area contributed by atoms with Crippen LogP contribution in [0.4, 0.5) is 11.4 Å². The molecule has 1 heterocycles. The summed E-state index contributed by atoms with van der Waals surface area (Å²) in [5.41, 5.74) is -0.0206. The Morgan fingerprint density at radius 1 is 0.931 bits per heavy atom. The zero-order chi connectivity index (χ0) is 21.0. The Labute approximate surface area is 170 Å². The number of benzene rings is 2. The summed E-state index contributed by atoms with van der Waals surface area (Å²) in [6.07, 6.45) is 0. The third-order valence-electron chi connectivity index (χ3n) is 5.19. The van der Waals surface area contributed by atoms with Crippen molar-refractivity contribution in [3.8, 4) is 11.5 Å². The zero-order valence-electron chi connectivity index (χ0n) is 17.2. The van der Waals surface area contributed by atoms with E-state index in [-0.39, 0.29) is 12.5 Å². The number of hydrogen-bond donors (Lipinski definition) is 0. The number of rotatable bonds is 6. The van der Waals surface area contributed by atoms with Crippen LogP contribution in [-0.4, -0.2) is 51.3 Å². The topological polar surface area (TPSA) is 68.3 Å². The molecule has 1 aliphatic rings. The largest absolute Gasteiger partial charge is 0.497 e. The van der Waals surface area contributed by atoms with Crippen molar-refractivity contribution in [3.63, 3.8) is 0 Å². The summed E-state index contributed by atoms with van der Waals surface area (Å²) >= 11 is 0. The van der Waals surface area contributed by atoms with E-state index in [1.165, 1.54) is 0 Å². The molecule has 3 rings (SSSR count). The van der Waals surface area contributed by atoms with Crippen molar-refractivity contribution in [1.82, 2.24) is 0 Å². The van der Waals surface area contributed by atoms with Gasteiger partial charge in [0.15, 0.2) is 0 Å². The van der Waals surface area contributed by atoms with Crippen LogP contribution in [0.2, 0.25) is 0 Å². The molecule has 0 bridgehead atoms. The van der Waals surface area contributed by atoms with Crippen LogP contribution < -0.4 is 19.3 Å². The molecule has 154 valence electrons. The number of hydrogen-bond acceptors (Lipinski definition) is 6. The van der Waals surface area contributed by atoms with Gasteiger partial charge >= 0.3 is 5.97 Å². The quantitative estimate of drug-likeness (QED) is 0.551. The van der Waals surface area contributed by atoms with Gasteiger partial charge in [0, 0.05) is 24.5 Å². The monoisotopic (exact) mass is 398 g/mol. The number of carbonyl (C=O) groups is 2. The highest BCUT2D eigenvalue weighted by atomic mass is 16.5. The molecule has 2 aromatic rings. The molecular weight excluding hydrogens is 372 g/mol. The number of carbonyl (C=O) groups excluding carboxylic acids is 2. The molecule has 0 aromatic heterocycles. The van der Waals surface area contributed by atoms with Gasteiger partial charge in [0.1, 0.15) is 11.5 Å². The van der Waals surface area contributed by atoms with Crippen molar-refractivity contribution >= 4 is 23.3 Å². The van der Waals surface area contributed by atoms with E-state index in [0.29, 0.717) is 30.3 Å². The Balaban J connectivity index is 1.98. The molecule has 0 aliphatic carbocycles. The maximum absolute atomic E-state index is 13.6. The van der Waals surface area contributed by atoms with Crippen molar-refractivity contribution in [3.05, 3.63) is 48.5 Å². The van der Waals surface area contributed by atoms with Crippen molar-refractivity contribution in [2.75, 3.05) is 43.7 Å². The Kier molecular flexibility index (Phi) is 5.96. The Bertz CT molecular complexity index is 866. The summed E-state index contributed by atoms with van der Waals surface area (Å²) in [5.74, 6) is 0.503. The summed E-state index contributed by atoms with van der Waals surface area (Å²) in [4.78, 5) is 29.9. The first-order chi connectivity index (χ1) is 13.9. The Hall–Kier alpha value is -3.22. The molecule has 0 saturated carbocycles. The van der Waals surface area contributed by atoms with Crippen LogP contribution in [0.1, 0.15) is 13.8 Å². The van der Waals surface area contributed by atoms with Crippen molar-refractivity contribution in [2.24, 2.45) is 0 Å². The molecule has 2 aromatic carbocycles. The molecule has 1 fully saturated rings. The van der Waals surface area contributed by atoms with Crippen LogP contribution in [0.15, 0.2) is 48.5 Å². The lowest BCUT2D eigenvalue weighted by atomic mass is 9.93. The number of amides is 1. The first-order valence-corrected chi connectivity index (χ1v) is 9.50. The lowest BCUT2D eigenvalue weighted by Crippen LogP contribution is -2.69. The smallest absolute Gasteiger partial charge is 0.341 e. The normalized spacial score (nSPS) is 19.1. The second-order valence-electron chi connectivity index (χ2n) is 6.80. The fourth-order valence-electron chi connectivity index (χ4n) is 3.53. The van der Waals surface area contributed by atoms with E-state index in [0.717, 1.165) is 5.69 Å². The molecule has 0 N–H and O–H groups in total. The minimum absolute atomic E-state index is 0.195. The lowest BCUT2D eigenvalue weighted by molar-refractivity contribution is -0.153. The highest BCUT2D eigenvalue weighted by Crippen LogP contribution is 2.34. The van der Waals surface area contributed by atoms with Gasteiger partial charge in [-0.3, -0.25) is 4.79 Å². The average molecular weight is 398 g/mol. The first kappa shape index (κ1) is 20.5. The van der Waals surface area contributed by atoms with E-state index in [9.17, 15) is 9.59 Å². The molecule has 1 aliphatic heterocycles. The fraction of sp³-hybridized carbons (Fsp3) is 0.364. The number of esters is 1. The molecule has 1 saturated heterocycles. The van der Waals surface area contributed by atoms with Crippen molar-refractivity contribution in [1.29, 1.82) is 0 Å². The van der Waals surface area contributed by atoms with E-state index in [2.05, 4.69) is 0 Å². The maximum Gasteiger partial charge on any atom is 0.341 e. The van der Waals surface area contributed by atoms with Crippen LogP contribution in [-0.2, 0) is 14.3 Å². The predicted molar refractivity (Wildman–Crippen MR) is 111 cm³/mol. The van der Waals surface area contributed by atoms with Crippen LogP contribution in [0, 0.1) is 0 Å². The molecule has 1 unspecified atom stereocenters. The molecule has 1 atom stereocenters. The predicted octanol–water partition coefficient (Wildman–Crippen LogP) is 2.88. The zero-order valence-corrected chi connectivity index (χ0v) is 17.2. The SMILES string of the molecule is CCOC(=O)C1(C)C(=O)N(c2ccc(OC)cc2)CCN1c1ccc(OC)cc1. The van der Waals surface area contributed by atoms with Crippen LogP contribution in [0.25, 0.3) is 0 Å². The van der Waals surface area contributed by atoms with Gasteiger partial charge < -0.3 is 24.0 Å². The van der Waals surface area contributed by atoms with Gasteiger partial charge in [0.25, 0.3) is 5.91 Å². The Morgan fingerprint density at radius 2 is 1.45 bits per heavy atom. The summed E-state index contributed by atoms with van der Waals surface area (Å²) < 4.78 is 15.7. The minimum Gasteiger partial charge on any atom is -0.497 e. The third-order valence-corrected chi connectivity index (χ3v) is 5.19. The van der Waals surface area contributed by atoms with Gasteiger partial charge in [-0.25, -0.2) is 4.79 Å². The van der Waals surface area contributed by atoms with E-state index in [1.807, 2.05) is 24.3 Å². The molecule has 7 nitrogen and oxygen atoms in total. The van der Waals surface area contributed by atoms with Gasteiger partial charge in [-0.1, -0.05) is 0 Å². The summed E-state index contributed by atoms with van der Waals surface area (Å²) in [6.45, 7) is 4.45. The third kappa shape index (κ3) is 3.72. The van der Waals surface area contributed by atoms with E-state index < -0.39 is 11.5 Å². The maximum atomic E-state index is 13.6. The van der Waals surface area contributed by atoms with Crippen LogP contribution in [0.3, 0.4) is 0 Å². The molecule has 0 radical (unpaired) electrons. The van der Waals surface area contributed by atoms with Gasteiger partial charge in [-0.2, -0.15) is 0 Å². The van der Waals surface area contributed by atoms with Gasteiger partial charge in [0.2, 0.25) is 5.54 Å². The highest BCUT2D eigenvalue weighted by molar-refractivity contribution is 6.17. The fourth-order valence-corrected chi connectivity index (χ4v) is 3.53. The van der Waals surface area contributed by atoms with Gasteiger partial charge in [0.05, 0.1) is 20.8 Å². The number of piperazine rings is 1.